The number of aliphatic hydroxyl groups excluding tert-OH is 1. The van der Waals surface area contributed by atoms with Crippen molar-refractivity contribution in [3.05, 3.63) is 11.8 Å². The Bertz CT molecular complexity index is 454. The molecule has 0 bridgehead atoms. The fourth-order valence-corrected chi connectivity index (χ4v) is 4.24. The lowest BCUT2D eigenvalue weighted by Gasteiger charge is -2.41. The van der Waals surface area contributed by atoms with Crippen molar-refractivity contribution in [1.82, 2.24) is 4.90 Å². The molecular weight excluding hydrogens is 306 g/mol. The molecule has 1 aliphatic carbocycles. The summed E-state index contributed by atoms with van der Waals surface area (Å²) in [4.78, 5) is 14.3. The van der Waals surface area contributed by atoms with Gasteiger partial charge in [0.2, 0.25) is 6.29 Å². The molecule has 1 N–H and O–H groups in total. The molecule has 2 heterocycles. The number of nitrogens with zero attached hydrogens (tertiary/aromatic N) is 1. The second kappa shape index (κ2) is 8.34. The van der Waals surface area contributed by atoms with Gasteiger partial charge in [0, 0.05) is 32.2 Å². The largest absolute Gasteiger partial charge is 0.459 e. The van der Waals surface area contributed by atoms with Crippen LogP contribution in [0.25, 0.3) is 0 Å². The van der Waals surface area contributed by atoms with Gasteiger partial charge < -0.3 is 19.5 Å². The topological polar surface area (TPSA) is 58.8 Å². The summed E-state index contributed by atoms with van der Waals surface area (Å²) >= 11 is 0. The summed E-state index contributed by atoms with van der Waals surface area (Å²) in [6.07, 6.45) is 9.68. The third-order valence-electron chi connectivity index (χ3n) is 5.60. The number of allylic oxidation sites excluding steroid dienone is 1. The van der Waals surface area contributed by atoms with Crippen LogP contribution >= 0.6 is 0 Å². The van der Waals surface area contributed by atoms with Gasteiger partial charge >= 0.3 is 0 Å². The summed E-state index contributed by atoms with van der Waals surface area (Å²) < 4.78 is 11.9. The first-order chi connectivity index (χ1) is 11.7. The first-order valence-corrected chi connectivity index (χ1v) is 9.64. The van der Waals surface area contributed by atoms with Crippen LogP contribution in [0.4, 0.5) is 0 Å². The Labute approximate surface area is 145 Å². The molecule has 3 rings (SSSR count). The second-order valence-electron chi connectivity index (χ2n) is 7.27. The molecule has 1 amide bonds. The molecule has 136 valence electrons. The molecule has 3 aliphatic rings. The molecule has 1 saturated carbocycles. The summed E-state index contributed by atoms with van der Waals surface area (Å²) in [7, 11) is 0. The highest BCUT2D eigenvalue weighted by Crippen LogP contribution is 2.42. The molecule has 5 nitrogen and oxygen atoms in total. The minimum atomic E-state index is -0.364. The predicted molar refractivity (Wildman–Crippen MR) is 91.0 cm³/mol. The van der Waals surface area contributed by atoms with Gasteiger partial charge in [0.1, 0.15) is 0 Å². The van der Waals surface area contributed by atoms with Crippen molar-refractivity contribution >= 4 is 5.91 Å². The van der Waals surface area contributed by atoms with E-state index in [4.69, 9.17) is 9.47 Å². The van der Waals surface area contributed by atoms with Crippen molar-refractivity contribution in [2.75, 3.05) is 26.3 Å². The lowest BCUT2D eigenvalue weighted by atomic mass is 9.71. The number of carbonyl (C=O) groups is 1. The summed E-state index contributed by atoms with van der Waals surface area (Å²) in [5.74, 6) is 1.65. The normalized spacial score (nSPS) is 30.7. The van der Waals surface area contributed by atoms with E-state index >= 15 is 0 Å². The standard InChI is InChI=1S/C19H31NO4/c1-2-23-19-15(9-6-12-21)16(14-7-4-3-5-8-14)13-17(24-19)18(22)20-10-11-20/h13-16,19,21H,2-12H2,1H3/t15-,16+,19+/m0/s1. The number of carbonyl (C=O) groups excluding carboxylic acids is 1. The molecule has 0 spiro atoms. The van der Waals surface area contributed by atoms with Crippen LogP contribution in [0.15, 0.2) is 11.8 Å². The zero-order valence-electron chi connectivity index (χ0n) is 14.8. The van der Waals surface area contributed by atoms with Gasteiger partial charge in [-0.15, -0.1) is 0 Å². The first-order valence-electron chi connectivity index (χ1n) is 9.64. The molecule has 2 aliphatic heterocycles. The van der Waals surface area contributed by atoms with Gasteiger partial charge in [-0.25, -0.2) is 0 Å². The van der Waals surface area contributed by atoms with Crippen molar-refractivity contribution in [3.8, 4) is 0 Å². The SMILES string of the molecule is CCO[C@@H]1OC(C(=O)N2CC2)=C[C@H](C2CCCCC2)[C@@H]1CCCO. The Morgan fingerprint density at radius 1 is 1.33 bits per heavy atom. The third-order valence-corrected chi connectivity index (χ3v) is 5.60. The van der Waals surface area contributed by atoms with Gasteiger partial charge in [-0.05, 0) is 50.5 Å². The fraction of sp³-hybridized carbons (Fsp3) is 0.842. The Kier molecular flexibility index (Phi) is 6.17. The van der Waals surface area contributed by atoms with Gasteiger partial charge in [-0.1, -0.05) is 19.3 Å². The average Bonchev–Trinajstić information content (AvgIpc) is 3.45. The van der Waals surface area contributed by atoms with E-state index in [2.05, 4.69) is 6.08 Å². The van der Waals surface area contributed by atoms with Crippen LogP contribution in [0.2, 0.25) is 0 Å². The quantitative estimate of drug-likeness (QED) is 0.726. The van der Waals surface area contributed by atoms with Gasteiger partial charge in [-0.2, -0.15) is 0 Å². The molecule has 0 aromatic carbocycles. The number of amides is 1. The Morgan fingerprint density at radius 2 is 2.08 bits per heavy atom. The third kappa shape index (κ3) is 4.12. The molecular formula is C19H31NO4. The molecule has 24 heavy (non-hydrogen) atoms. The van der Waals surface area contributed by atoms with E-state index in [-0.39, 0.29) is 24.7 Å². The van der Waals surface area contributed by atoms with E-state index < -0.39 is 0 Å². The minimum Gasteiger partial charge on any atom is -0.459 e. The maximum Gasteiger partial charge on any atom is 0.288 e. The van der Waals surface area contributed by atoms with E-state index in [0.29, 0.717) is 24.2 Å². The Balaban J connectivity index is 1.82. The van der Waals surface area contributed by atoms with E-state index in [1.807, 2.05) is 6.92 Å². The number of hydrogen-bond acceptors (Lipinski definition) is 4. The van der Waals surface area contributed by atoms with Crippen LogP contribution < -0.4 is 0 Å². The second-order valence-corrected chi connectivity index (χ2v) is 7.27. The summed E-state index contributed by atoms with van der Waals surface area (Å²) in [6.45, 7) is 4.40. The lowest BCUT2D eigenvalue weighted by Crippen LogP contribution is -2.41. The van der Waals surface area contributed by atoms with Gasteiger partial charge in [0.05, 0.1) is 0 Å². The van der Waals surface area contributed by atoms with Gasteiger partial charge in [0.15, 0.2) is 5.76 Å². The van der Waals surface area contributed by atoms with Gasteiger partial charge in [-0.3, -0.25) is 4.79 Å². The molecule has 1 saturated heterocycles. The molecule has 3 atom stereocenters. The lowest BCUT2D eigenvalue weighted by molar-refractivity contribution is -0.178. The maximum atomic E-state index is 12.5. The number of hydrogen-bond donors (Lipinski definition) is 1. The summed E-state index contributed by atoms with van der Waals surface area (Å²) in [5, 5.41) is 9.27. The van der Waals surface area contributed by atoms with Crippen LogP contribution in [-0.4, -0.2) is 48.5 Å². The van der Waals surface area contributed by atoms with Crippen molar-refractivity contribution in [2.45, 2.75) is 58.2 Å². The van der Waals surface area contributed by atoms with E-state index in [9.17, 15) is 9.90 Å². The fourth-order valence-electron chi connectivity index (χ4n) is 4.24. The Hall–Kier alpha value is -1.07. The van der Waals surface area contributed by atoms with Gasteiger partial charge in [0.25, 0.3) is 5.91 Å². The first kappa shape index (κ1) is 17.7. The monoisotopic (exact) mass is 337 g/mol. The van der Waals surface area contributed by atoms with Crippen molar-refractivity contribution in [2.24, 2.45) is 17.8 Å². The molecule has 0 aromatic rings. The highest BCUT2D eigenvalue weighted by Gasteiger charge is 2.42. The maximum absolute atomic E-state index is 12.5. The predicted octanol–water partition coefficient (Wildman–Crippen LogP) is 2.69. The summed E-state index contributed by atoms with van der Waals surface area (Å²) in [5.41, 5.74) is 0. The van der Waals surface area contributed by atoms with E-state index in [1.165, 1.54) is 32.1 Å². The van der Waals surface area contributed by atoms with Crippen LogP contribution in [0.3, 0.4) is 0 Å². The van der Waals surface area contributed by atoms with Crippen molar-refractivity contribution < 1.29 is 19.4 Å². The van der Waals surface area contributed by atoms with E-state index in [1.54, 1.807) is 4.90 Å². The smallest absolute Gasteiger partial charge is 0.288 e. The molecule has 0 aromatic heterocycles. The zero-order chi connectivity index (χ0) is 16.9. The molecule has 0 unspecified atom stereocenters. The van der Waals surface area contributed by atoms with Crippen LogP contribution in [0, 0.1) is 17.8 Å². The number of ether oxygens (including phenoxy) is 2. The van der Waals surface area contributed by atoms with Crippen LogP contribution in [0.1, 0.15) is 51.9 Å². The highest BCUT2D eigenvalue weighted by atomic mass is 16.7. The number of aliphatic hydroxyl groups is 1. The van der Waals surface area contributed by atoms with Crippen LogP contribution in [-0.2, 0) is 14.3 Å². The molecule has 5 heteroatoms. The molecule has 2 fully saturated rings. The van der Waals surface area contributed by atoms with Crippen LogP contribution in [0.5, 0.6) is 0 Å². The zero-order valence-corrected chi connectivity index (χ0v) is 14.8. The minimum absolute atomic E-state index is 0.0149. The average molecular weight is 337 g/mol. The Morgan fingerprint density at radius 3 is 2.71 bits per heavy atom. The molecule has 0 radical (unpaired) electrons. The summed E-state index contributed by atoms with van der Waals surface area (Å²) in [6, 6.07) is 0. The highest BCUT2D eigenvalue weighted by molar-refractivity contribution is 5.93. The van der Waals surface area contributed by atoms with Crippen molar-refractivity contribution in [1.29, 1.82) is 0 Å². The number of rotatable bonds is 7. The van der Waals surface area contributed by atoms with Crippen molar-refractivity contribution in [3.63, 3.8) is 0 Å². The van der Waals surface area contributed by atoms with E-state index in [0.717, 1.165) is 25.9 Å².